The van der Waals surface area contributed by atoms with E-state index in [1.54, 1.807) is 20.3 Å². The molecule has 0 amide bonds. The third-order valence-electron chi connectivity index (χ3n) is 6.76. The number of methoxy groups -OCH3 is 5. The molecule has 0 aliphatic heterocycles. The average Bonchev–Trinajstić information content (AvgIpc) is 2.83. The van der Waals surface area contributed by atoms with Crippen LogP contribution >= 0.6 is 0 Å². The number of aliphatic hydroxyl groups excluding tert-OH is 1. The van der Waals surface area contributed by atoms with Crippen molar-refractivity contribution >= 4 is 0 Å². The average molecular weight is 463 g/mol. The van der Waals surface area contributed by atoms with E-state index in [-0.39, 0.29) is 23.3 Å². The number of hydrogen-bond donors (Lipinski definition) is 2. The smallest absolute Gasteiger partial charge is 0.203 e. The molecule has 0 aromatic heterocycles. The van der Waals surface area contributed by atoms with Gasteiger partial charge < -0.3 is 38.6 Å². The highest BCUT2D eigenvalue weighted by molar-refractivity contribution is 5.66. The van der Waals surface area contributed by atoms with E-state index < -0.39 is 11.7 Å². The standard InChI is InChI=1S/C25H34O8/c1-9-33-25(15-10-17(28-4)23(31-7)18(11-15)29-5)14(3)13(2)21(26)16-12-19(30-6)24(32-8)22(27)20(16)25/h10-14,21,26-27H,9H2,1-8H3/t13-,14-,21+,25-/m1/s1. The van der Waals surface area contributed by atoms with Crippen molar-refractivity contribution in [2.75, 3.05) is 42.2 Å². The van der Waals surface area contributed by atoms with Gasteiger partial charge in [0.2, 0.25) is 11.5 Å². The molecule has 0 saturated heterocycles. The molecule has 0 saturated carbocycles. The Morgan fingerprint density at radius 1 is 0.818 bits per heavy atom. The largest absolute Gasteiger partial charge is 0.504 e. The molecule has 0 unspecified atom stereocenters. The molecule has 8 nitrogen and oxygen atoms in total. The van der Waals surface area contributed by atoms with E-state index in [1.807, 2.05) is 32.9 Å². The summed E-state index contributed by atoms with van der Waals surface area (Å²) < 4.78 is 34.1. The van der Waals surface area contributed by atoms with Crippen LogP contribution in [-0.4, -0.2) is 52.4 Å². The van der Waals surface area contributed by atoms with Gasteiger partial charge in [-0.05, 0) is 48.1 Å². The number of fused-ring (bicyclic) bond motifs is 1. The fourth-order valence-electron chi connectivity index (χ4n) is 4.99. The Morgan fingerprint density at radius 3 is 1.79 bits per heavy atom. The van der Waals surface area contributed by atoms with Crippen LogP contribution < -0.4 is 23.7 Å². The molecule has 0 heterocycles. The van der Waals surface area contributed by atoms with E-state index in [0.717, 1.165) is 0 Å². The van der Waals surface area contributed by atoms with Gasteiger partial charge in [-0.2, -0.15) is 0 Å². The lowest BCUT2D eigenvalue weighted by atomic mass is 9.62. The summed E-state index contributed by atoms with van der Waals surface area (Å²) in [6.45, 7) is 6.18. The van der Waals surface area contributed by atoms with Crippen molar-refractivity contribution in [3.63, 3.8) is 0 Å². The fourth-order valence-corrected chi connectivity index (χ4v) is 4.99. The highest BCUT2D eigenvalue weighted by Gasteiger charge is 2.53. The van der Waals surface area contributed by atoms with E-state index in [1.165, 1.54) is 21.3 Å². The predicted octanol–water partition coefficient (Wildman–Crippen LogP) is 4.03. The maximum atomic E-state index is 11.5. The molecule has 2 aromatic rings. The Morgan fingerprint density at radius 2 is 1.33 bits per heavy atom. The minimum Gasteiger partial charge on any atom is -0.504 e. The highest BCUT2D eigenvalue weighted by atomic mass is 16.5. The summed E-state index contributed by atoms with van der Waals surface area (Å²) in [6.07, 6.45) is -0.851. The highest BCUT2D eigenvalue weighted by Crippen LogP contribution is 2.60. The topological polar surface area (TPSA) is 95.8 Å². The number of phenols is 1. The van der Waals surface area contributed by atoms with Crippen LogP contribution in [0, 0.1) is 11.8 Å². The first-order valence-electron chi connectivity index (χ1n) is 10.9. The van der Waals surface area contributed by atoms with Gasteiger partial charge in [0.05, 0.1) is 41.7 Å². The van der Waals surface area contributed by atoms with Crippen LogP contribution in [0.15, 0.2) is 18.2 Å². The van der Waals surface area contributed by atoms with Crippen LogP contribution in [0.3, 0.4) is 0 Å². The van der Waals surface area contributed by atoms with Gasteiger partial charge in [0.15, 0.2) is 23.0 Å². The van der Waals surface area contributed by atoms with Crippen molar-refractivity contribution in [1.29, 1.82) is 0 Å². The Hall–Kier alpha value is -2.84. The second-order valence-electron chi connectivity index (χ2n) is 8.10. The molecule has 2 N–H and O–H groups in total. The van der Waals surface area contributed by atoms with E-state index in [9.17, 15) is 10.2 Å². The lowest BCUT2D eigenvalue weighted by molar-refractivity contribution is -0.101. The quantitative estimate of drug-likeness (QED) is 0.607. The number of aromatic hydroxyl groups is 1. The molecular formula is C25H34O8. The molecule has 0 radical (unpaired) electrons. The summed E-state index contributed by atoms with van der Waals surface area (Å²) in [7, 11) is 7.57. The van der Waals surface area contributed by atoms with Gasteiger partial charge in [0.1, 0.15) is 5.60 Å². The second-order valence-corrected chi connectivity index (χ2v) is 8.10. The minimum absolute atomic E-state index is 0.146. The van der Waals surface area contributed by atoms with E-state index in [0.29, 0.717) is 46.3 Å². The van der Waals surface area contributed by atoms with Gasteiger partial charge in [-0.25, -0.2) is 0 Å². The fraction of sp³-hybridized carbons (Fsp3) is 0.520. The molecule has 2 aromatic carbocycles. The van der Waals surface area contributed by atoms with Crippen molar-refractivity contribution in [3.05, 3.63) is 34.9 Å². The monoisotopic (exact) mass is 462 g/mol. The van der Waals surface area contributed by atoms with E-state index >= 15 is 0 Å². The van der Waals surface area contributed by atoms with Crippen molar-refractivity contribution in [2.24, 2.45) is 11.8 Å². The zero-order valence-corrected chi connectivity index (χ0v) is 20.5. The molecular weight excluding hydrogens is 428 g/mol. The summed E-state index contributed by atoms with van der Waals surface area (Å²) in [4.78, 5) is 0. The normalized spacial score (nSPS) is 24.1. The van der Waals surface area contributed by atoms with Gasteiger partial charge in [-0.3, -0.25) is 0 Å². The number of phenolic OH excluding ortho intramolecular Hbond substituents is 1. The van der Waals surface area contributed by atoms with Crippen LogP contribution in [0.2, 0.25) is 0 Å². The molecule has 0 fully saturated rings. The minimum atomic E-state index is -1.15. The molecule has 33 heavy (non-hydrogen) atoms. The summed E-state index contributed by atoms with van der Waals surface area (Å²) in [6, 6.07) is 5.34. The van der Waals surface area contributed by atoms with Gasteiger partial charge in [0.25, 0.3) is 0 Å². The summed E-state index contributed by atoms with van der Waals surface area (Å²) in [5.41, 5.74) is 0.473. The van der Waals surface area contributed by atoms with Gasteiger partial charge >= 0.3 is 0 Å². The zero-order valence-electron chi connectivity index (χ0n) is 20.5. The molecule has 3 rings (SSSR count). The summed E-state index contributed by atoms with van der Waals surface area (Å²) >= 11 is 0. The first-order chi connectivity index (χ1) is 15.8. The maximum Gasteiger partial charge on any atom is 0.203 e. The number of rotatable bonds is 8. The molecule has 0 spiro atoms. The van der Waals surface area contributed by atoms with Crippen LogP contribution in [0.5, 0.6) is 34.5 Å². The van der Waals surface area contributed by atoms with Crippen LogP contribution in [0.4, 0.5) is 0 Å². The lowest BCUT2D eigenvalue weighted by Crippen LogP contribution is -2.47. The number of ether oxygens (including phenoxy) is 6. The SMILES string of the molecule is CCO[C@]1(c2cc(OC)c(OC)c(OC)c2)c2c(cc(OC)c(OC)c2O)[C@@H](O)[C@H](C)[C@H]1C. The van der Waals surface area contributed by atoms with Crippen LogP contribution in [0.1, 0.15) is 43.6 Å². The second kappa shape index (κ2) is 9.57. The molecule has 182 valence electrons. The van der Waals surface area contributed by atoms with E-state index in [2.05, 4.69) is 0 Å². The molecule has 8 heteroatoms. The number of hydrogen-bond acceptors (Lipinski definition) is 8. The van der Waals surface area contributed by atoms with Crippen molar-refractivity contribution in [3.8, 4) is 34.5 Å². The third-order valence-corrected chi connectivity index (χ3v) is 6.76. The van der Waals surface area contributed by atoms with Crippen molar-refractivity contribution < 1.29 is 38.6 Å². The van der Waals surface area contributed by atoms with Gasteiger partial charge in [0, 0.05) is 12.2 Å². The molecule has 1 aliphatic rings. The summed E-state index contributed by atoms with van der Waals surface area (Å²) in [5, 5.41) is 22.7. The Balaban J connectivity index is 2.50. The van der Waals surface area contributed by atoms with E-state index in [4.69, 9.17) is 28.4 Å². The van der Waals surface area contributed by atoms with Crippen molar-refractivity contribution in [2.45, 2.75) is 32.5 Å². The third kappa shape index (κ3) is 3.61. The van der Waals surface area contributed by atoms with Gasteiger partial charge in [-0.1, -0.05) is 13.8 Å². The zero-order chi connectivity index (χ0) is 24.5. The number of benzene rings is 2. The van der Waals surface area contributed by atoms with Crippen LogP contribution in [0.25, 0.3) is 0 Å². The summed E-state index contributed by atoms with van der Waals surface area (Å²) in [5.74, 6) is 1.23. The molecule has 0 bridgehead atoms. The predicted molar refractivity (Wildman–Crippen MR) is 123 cm³/mol. The first kappa shape index (κ1) is 24.8. The molecule has 4 atom stereocenters. The Labute approximate surface area is 194 Å². The Kier molecular flexibility index (Phi) is 7.19. The lowest BCUT2D eigenvalue weighted by Gasteiger charge is -2.49. The first-order valence-corrected chi connectivity index (χ1v) is 10.9. The van der Waals surface area contributed by atoms with Gasteiger partial charge in [-0.15, -0.1) is 0 Å². The Bertz CT molecular complexity index is 979. The van der Waals surface area contributed by atoms with Crippen molar-refractivity contribution in [1.82, 2.24) is 0 Å². The van der Waals surface area contributed by atoms with Crippen LogP contribution in [-0.2, 0) is 10.3 Å². The number of aliphatic hydroxyl groups is 1. The molecule has 1 aliphatic carbocycles. The maximum absolute atomic E-state index is 11.5.